The van der Waals surface area contributed by atoms with Gasteiger partial charge in [0.25, 0.3) is 0 Å². The number of aliphatic hydroxyl groups is 3. The molecule has 72 heavy (non-hydrogen) atoms. The fraction of sp³-hybridized carbons (Fsp3) is 0.893. The molecule has 8 aliphatic carbocycles. The molecule has 412 valence electrons. The molecule has 0 amide bonds. The van der Waals surface area contributed by atoms with E-state index in [1.807, 2.05) is 13.8 Å². The number of aliphatic carboxylic acids is 2. The summed E-state index contributed by atoms with van der Waals surface area (Å²) in [6, 6.07) is 0. The maximum absolute atomic E-state index is 13.1. The minimum Gasteiger partial charge on any atom is -0.481 e. The predicted molar refractivity (Wildman–Crippen MR) is 276 cm³/mol. The van der Waals surface area contributed by atoms with Crippen LogP contribution in [0.1, 0.15) is 191 Å². The number of carbonyl (C=O) groups excluding carboxylic acids is 4. The van der Waals surface area contributed by atoms with Crippen LogP contribution in [0.5, 0.6) is 0 Å². The lowest BCUT2D eigenvalue weighted by Gasteiger charge is -2.61. The Labute approximate surface area is 443 Å². The van der Waals surface area contributed by atoms with Gasteiger partial charge >= 0.3 is 23.9 Å². The lowest BCUT2D eigenvalue weighted by atomic mass is 9.44. The number of aliphatic hydroxyl groups excluding tert-OH is 1. The van der Waals surface area contributed by atoms with E-state index in [2.05, 4.69) is 43.6 Å². The summed E-state index contributed by atoms with van der Waals surface area (Å²) in [5.41, 5.74) is -0.132. The van der Waals surface area contributed by atoms with Crippen LogP contribution in [0.15, 0.2) is 0 Å². The van der Waals surface area contributed by atoms with Crippen LogP contribution >= 0.6 is 28.3 Å². The molecule has 0 bridgehead atoms. The molecule has 1 aliphatic heterocycles. The monoisotopic (exact) mass is 1100 g/mol. The number of alkyl halides is 1. The molecule has 8 saturated carbocycles. The van der Waals surface area contributed by atoms with Crippen molar-refractivity contribution in [1.82, 2.24) is 0 Å². The number of carbonyl (C=O) groups is 6. The van der Waals surface area contributed by atoms with Crippen LogP contribution in [-0.4, -0.2) is 102 Å². The third-order valence-electron chi connectivity index (χ3n) is 21.2. The molecule has 1 heterocycles. The van der Waals surface area contributed by atoms with E-state index in [1.54, 1.807) is 13.8 Å². The maximum atomic E-state index is 13.1. The van der Waals surface area contributed by atoms with Crippen molar-refractivity contribution in [2.45, 2.75) is 220 Å². The SMILES string of the molecule is C.CC1(C)OC(=O)C(CC(=O)O)O1.C[C@@]1(O)CC[C@@]2(C)C(CC[C@@H]3C2CC[C@]2(C)[C@@H](C(=O)CBr)CC[C@@H]32)C1.C[C@@]1(O)CC[C@@]2(C)C(CC[C@@H]3C2CC[C@]2(C)[C@@H](C(=O)COC(=O)CC(O)C(=O)O)CC[C@@H]32)C1.Cl. The Kier molecular flexibility index (Phi) is 18.9. The van der Waals surface area contributed by atoms with Crippen LogP contribution in [0.3, 0.4) is 0 Å². The zero-order valence-corrected chi connectivity index (χ0v) is 46.1. The van der Waals surface area contributed by atoms with Gasteiger partial charge in [-0.15, -0.1) is 12.4 Å². The normalized spacial score (nSPS) is 44.4. The van der Waals surface area contributed by atoms with Gasteiger partial charge in [0, 0.05) is 25.7 Å². The molecule has 18 atom stereocenters. The van der Waals surface area contributed by atoms with Gasteiger partial charge < -0.3 is 39.7 Å². The van der Waals surface area contributed by atoms with Crippen LogP contribution in [0, 0.1) is 80.8 Å². The summed E-state index contributed by atoms with van der Waals surface area (Å²) in [6.07, 6.45) is 16.1. The van der Waals surface area contributed by atoms with Gasteiger partial charge in [-0.2, -0.15) is 0 Å². The maximum Gasteiger partial charge on any atom is 0.338 e. The van der Waals surface area contributed by atoms with Gasteiger partial charge in [-0.25, -0.2) is 9.59 Å². The number of carboxylic acids is 2. The molecule has 9 fully saturated rings. The second-order valence-electron chi connectivity index (χ2n) is 25.9. The summed E-state index contributed by atoms with van der Waals surface area (Å²) >= 11 is 3.43. The zero-order valence-electron chi connectivity index (χ0n) is 43.7. The largest absolute Gasteiger partial charge is 0.481 e. The van der Waals surface area contributed by atoms with Gasteiger partial charge in [0.2, 0.25) is 5.79 Å². The van der Waals surface area contributed by atoms with E-state index in [0.717, 1.165) is 88.4 Å². The molecule has 6 unspecified atom stereocenters. The first kappa shape index (κ1) is 60.7. The van der Waals surface area contributed by atoms with E-state index < -0.39 is 59.5 Å². The molecule has 0 radical (unpaired) electrons. The Hall–Kier alpha value is -2.17. The lowest BCUT2D eigenvalue weighted by Crippen LogP contribution is -2.55. The van der Waals surface area contributed by atoms with Gasteiger partial charge in [0.1, 0.15) is 12.4 Å². The van der Waals surface area contributed by atoms with Gasteiger partial charge in [-0.3, -0.25) is 19.2 Å². The van der Waals surface area contributed by atoms with Crippen molar-refractivity contribution in [2.24, 2.45) is 80.8 Å². The minimum atomic E-state index is -1.81. The number of fused-ring (bicyclic) bond motifs is 10. The Bertz CT molecular complexity index is 2010. The second-order valence-corrected chi connectivity index (χ2v) is 26.4. The highest BCUT2D eigenvalue weighted by molar-refractivity contribution is 9.09. The zero-order chi connectivity index (χ0) is 51.6. The number of hydrogen-bond donors (Lipinski definition) is 5. The molecule has 16 heteroatoms. The minimum absolute atomic E-state index is 0. The van der Waals surface area contributed by atoms with Crippen molar-refractivity contribution in [3.8, 4) is 0 Å². The van der Waals surface area contributed by atoms with Crippen LogP contribution in [0.4, 0.5) is 0 Å². The summed E-state index contributed by atoms with van der Waals surface area (Å²) in [4.78, 5) is 69.3. The van der Waals surface area contributed by atoms with Crippen molar-refractivity contribution in [2.75, 3.05) is 11.9 Å². The smallest absolute Gasteiger partial charge is 0.338 e. The number of Topliss-reactive ketones (excluding diaryl/α,β-unsaturated/α-hetero) is 2. The Morgan fingerprint density at radius 1 is 0.639 bits per heavy atom. The molecule has 0 aromatic carbocycles. The van der Waals surface area contributed by atoms with Crippen molar-refractivity contribution in [3.05, 3.63) is 0 Å². The number of carboxylic acid groups (broad SMARTS) is 2. The first-order valence-electron chi connectivity index (χ1n) is 26.7. The van der Waals surface area contributed by atoms with Crippen LogP contribution in [0.2, 0.25) is 0 Å². The van der Waals surface area contributed by atoms with Crippen LogP contribution in [0.25, 0.3) is 0 Å². The topological polar surface area (TPSA) is 231 Å². The molecule has 0 spiro atoms. The molecular weight excluding hydrogens is 1010 g/mol. The number of ether oxygens (including phenoxy) is 3. The molecular formula is C56H90BrClO14. The molecule has 5 N–H and O–H groups in total. The average molecular weight is 1100 g/mol. The van der Waals surface area contributed by atoms with Crippen LogP contribution in [-0.2, 0) is 43.0 Å². The number of ketones is 2. The Morgan fingerprint density at radius 3 is 1.49 bits per heavy atom. The number of cyclic esters (lactones) is 1. The summed E-state index contributed by atoms with van der Waals surface area (Å²) in [5.74, 6) is 0.907. The highest BCUT2D eigenvalue weighted by Gasteiger charge is 2.63. The molecule has 14 nitrogen and oxygen atoms in total. The van der Waals surface area contributed by atoms with Gasteiger partial charge in [-0.05, 0) is 198 Å². The molecule has 0 aromatic heterocycles. The molecule has 0 aromatic rings. The van der Waals surface area contributed by atoms with Gasteiger partial charge in [0.05, 0.1) is 29.4 Å². The first-order valence-corrected chi connectivity index (χ1v) is 27.9. The number of hydrogen-bond acceptors (Lipinski definition) is 12. The summed E-state index contributed by atoms with van der Waals surface area (Å²) in [7, 11) is 0. The van der Waals surface area contributed by atoms with Crippen molar-refractivity contribution in [1.29, 1.82) is 0 Å². The highest BCUT2D eigenvalue weighted by Crippen LogP contribution is 2.70. The average Bonchev–Trinajstić information content (AvgIpc) is 3.90. The van der Waals surface area contributed by atoms with E-state index >= 15 is 0 Å². The predicted octanol–water partition coefficient (Wildman–Crippen LogP) is 9.90. The summed E-state index contributed by atoms with van der Waals surface area (Å²) < 4.78 is 14.8. The number of rotatable bonds is 10. The highest BCUT2D eigenvalue weighted by atomic mass is 79.9. The molecule has 9 rings (SSSR count). The van der Waals surface area contributed by atoms with Crippen molar-refractivity contribution in [3.63, 3.8) is 0 Å². The fourth-order valence-corrected chi connectivity index (χ4v) is 18.0. The Balaban J connectivity index is 0.000000218. The van der Waals surface area contributed by atoms with E-state index in [9.17, 15) is 44.1 Å². The van der Waals surface area contributed by atoms with Gasteiger partial charge in [-0.1, -0.05) is 51.1 Å². The third kappa shape index (κ3) is 12.0. The van der Waals surface area contributed by atoms with E-state index in [4.69, 9.17) is 24.4 Å². The van der Waals surface area contributed by atoms with Crippen molar-refractivity contribution < 1.29 is 68.5 Å². The number of halogens is 2. The van der Waals surface area contributed by atoms with Gasteiger partial charge in [0.15, 0.2) is 18.0 Å². The Morgan fingerprint density at radius 2 is 1.08 bits per heavy atom. The standard InChI is InChI=1S/C26H40O7.C22H35BrO2.C7H10O5.CH4.ClH/c1-24(32)10-11-25(2)15(13-24)4-5-16-17-6-7-19(26(17,3)9-8-18(16)25)21(28)14-33-22(29)12-20(27)23(30)31;1-20(25)10-11-21(2)14(12-20)4-5-15-16-6-7-18(19(24)13-23)22(16,3)9-8-17(15)21;1-7(2)11-4(3-5(8)9)6(10)12-7;;/h15-20,27,32H,4-14H2,1-3H3,(H,30,31);14-18,25H,4-13H2,1-3H3;4H,3H2,1-2H3,(H,8,9);1H4;1H/t15?,16-,17-,18?,19+,20?,24+,25-,26-;14?,15-,16-,17?,18+,20+,21-,22-;;;/m00.../s1. The third-order valence-corrected chi connectivity index (χ3v) is 21.8. The van der Waals surface area contributed by atoms with E-state index in [0.29, 0.717) is 46.1 Å². The molecule has 1 saturated heterocycles. The van der Waals surface area contributed by atoms with E-state index in [1.165, 1.54) is 44.9 Å². The lowest BCUT2D eigenvalue weighted by molar-refractivity contribution is -0.161. The fourth-order valence-electron chi connectivity index (χ4n) is 17.6. The quantitative estimate of drug-likeness (QED) is 0.101. The molecule has 9 aliphatic rings. The second kappa shape index (κ2) is 22.4. The first-order chi connectivity index (χ1) is 32.5. The van der Waals surface area contributed by atoms with Crippen molar-refractivity contribution >= 4 is 63.8 Å². The summed E-state index contributed by atoms with van der Waals surface area (Å²) in [5, 5.41) is 48.2. The summed E-state index contributed by atoms with van der Waals surface area (Å²) in [6.45, 7) is 16.5. The van der Waals surface area contributed by atoms with Crippen LogP contribution < -0.4 is 0 Å². The number of esters is 2. The van der Waals surface area contributed by atoms with E-state index in [-0.39, 0.29) is 66.7 Å².